The molecule has 0 aromatic carbocycles. The van der Waals surface area contributed by atoms with Gasteiger partial charge >= 0.3 is 17.9 Å². The van der Waals surface area contributed by atoms with Gasteiger partial charge in [-0.25, -0.2) is 0 Å². The molecule has 354 valence electrons. The topological polar surface area (TPSA) is 78.9 Å². The molecule has 6 heteroatoms. The van der Waals surface area contributed by atoms with Crippen LogP contribution in [0.4, 0.5) is 0 Å². The van der Waals surface area contributed by atoms with Crippen molar-refractivity contribution >= 4 is 17.9 Å². The molecule has 0 fully saturated rings. The zero-order valence-corrected chi connectivity index (χ0v) is 40.4. The summed E-state index contributed by atoms with van der Waals surface area (Å²) >= 11 is 0. The summed E-state index contributed by atoms with van der Waals surface area (Å²) in [6.45, 7) is 6.58. The Kier molecular flexibility index (Phi) is 47.9. The minimum Gasteiger partial charge on any atom is -0.462 e. The highest BCUT2D eigenvalue weighted by molar-refractivity contribution is 5.71. The van der Waals surface area contributed by atoms with Crippen LogP contribution in [0.2, 0.25) is 0 Å². The fourth-order valence-corrected chi connectivity index (χ4v) is 7.28. The van der Waals surface area contributed by atoms with Crippen LogP contribution in [0.3, 0.4) is 0 Å². The Morgan fingerprint density at radius 1 is 0.328 bits per heavy atom. The first-order chi connectivity index (χ1) is 30.0. The molecule has 0 aliphatic heterocycles. The fraction of sp³-hybridized carbons (Fsp3) is 0.800. The number of carbonyl (C=O) groups excluding carboxylic acids is 3. The number of rotatable bonds is 47. The summed E-state index contributed by atoms with van der Waals surface area (Å²) in [5, 5.41) is 0. The largest absolute Gasteiger partial charge is 0.462 e. The first-order valence-corrected chi connectivity index (χ1v) is 26.1. The number of unbranched alkanes of at least 4 members (excludes halogenated alkanes) is 28. The lowest BCUT2D eigenvalue weighted by Gasteiger charge is -2.18. The summed E-state index contributed by atoms with van der Waals surface area (Å²) < 4.78 is 16.8. The van der Waals surface area contributed by atoms with Crippen LogP contribution >= 0.6 is 0 Å². The van der Waals surface area contributed by atoms with Gasteiger partial charge in [0.05, 0.1) is 0 Å². The van der Waals surface area contributed by atoms with Crippen LogP contribution in [-0.2, 0) is 28.6 Å². The standard InChI is InChI=1S/C55H98O6/c1-4-7-10-13-16-19-22-25-27-30-32-35-38-41-44-47-53(56)59-50-52(61-55(58)49-46-43-40-37-34-29-24-21-18-15-12-9-6-3)51-60-54(57)48-45-42-39-36-33-31-28-26-23-20-17-14-11-8-5-2/h16,19,21,24-28,52H,4-15,17-18,20,22-23,29-51H2,1-3H3/b19-16-,24-21-,27-25-,28-26-. The highest BCUT2D eigenvalue weighted by Crippen LogP contribution is 2.14. The monoisotopic (exact) mass is 855 g/mol. The molecule has 1 unspecified atom stereocenters. The maximum Gasteiger partial charge on any atom is 0.306 e. The quantitative estimate of drug-likeness (QED) is 0.0263. The van der Waals surface area contributed by atoms with E-state index in [0.717, 1.165) is 96.3 Å². The summed E-state index contributed by atoms with van der Waals surface area (Å²) in [4.78, 5) is 38.0. The van der Waals surface area contributed by atoms with Gasteiger partial charge in [0.25, 0.3) is 0 Å². The van der Waals surface area contributed by atoms with Gasteiger partial charge in [0.2, 0.25) is 0 Å². The smallest absolute Gasteiger partial charge is 0.306 e. The van der Waals surface area contributed by atoms with E-state index in [4.69, 9.17) is 14.2 Å². The molecule has 0 saturated carbocycles. The Balaban J connectivity index is 4.41. The maximum absolute atomic E-state index is 12.8. The summed E-state index contributed by atoms with van der Waals surface area (Å²) in [6.07, 6.45) is 59.4. The van der Waals surface area contributed by atoms with Crippen molar-refractivity contribution < 1.29 is 28.6 Å². The van der Waals surface area contributed by atoms with Gasteiger partial charge in [0.15, 0.2) is 6.10 Å². The van der Waals surface area contributed by atoms with E-state index in [1.807, 2.05) is 0 Å². The lowest BCUT2D eigenvalue weighted by atomic mass is 10.1. The van der Waals surface area contributed by atoms with Crippen molar-refractivity contribution in [3.05, 3.63) is 48.6 Å². The van der Waals surface area contributed by atoms with Crippen molar-refractivity contribution in [2.24, 2.45) is 0 Å². The van der Waals surface area contributed by atoms with Gasteiger partial charge < -0.3 is 14.2 Å². The number of ether oxygens (including phenoxy) is 3. The predicted octanol–water partition coefficient (Wildman–Crippen LogP) is 17.1. The molecular weight excluding hydrogens is 757 g/mol. The molecule has 0 bridgehead atoms. The van der Waals surface area contributed by atoms with Gasteiger partial charge in [0.1, 0.15) is 13.2 Å². The van der Waals surface area contributed by atoms with Crippen LogP contribution in [0.15, 0.2) is 48.6 Å². The summed E-state index contributed by atoms with van der Waals surface area (Å²) in [6, 6.07) is 0. The van der Waals surface area contributed by atoms with Gasteiger partial charge in [-0.3, -0.25) is 14.4 Å². The minimum atomic E-state index is -0.784. The Bertz CT molecular complexity index is 1070. The van der Waals surface area contributed by atoms with E-state index in [0.29, 0.717) is 19.3 Å². The molecule has 0 heterocycles. The molecule has 0 aliphatic rings. The number of esters is 3. The summed E-state index contributed by atoms with van der Waals surface area (Å²) in [7, 11) is 0. The number of hydrogen-bond donors (Lipinski definition) is 0. The Morgan fingerprint density at radius 2 is 0.590 bits per heavy atom. The lowest BCUT2D eigenvalue weighted by molar-refractivity contribution is -0.167. The normalized spacial score (nSPS) is 12.4. The molecule has 0 aromatic heterocycles. The third-order valence-electron chi connectivity index (χ3n) is 11.3. The van der Waals surface area contributed by atoms with E-state index in [2.05, 4.69) is 69.4 Å². The fourth-order valence-electron chi connectivity index (χ4n) is 7.28. The molecule has 0 N–H and O–H groups in total. The number of hydrogen-bond acceptors (Lipinski definition) is 6. The molecular formula is C55H98O6. The average molecular weight is 855 g/mol. The molecule has 1 atom stereocenters. The third-order valence-corrected chi connectivity index (χ3v) is 11.3. The molecule has 0 aromatic rings. The van der Waals surface area contributed by atoms with Crippen LogP contribution in [0.25, 0.3) is 0 Å². The molecule has 0 spiro atoms. The molecule has 0 rings (SSSR count). The van der Waals surface area contributed by atoms with Crippen LogP contribution < -0.4 is 0 Å². The van der Waals surface area contributed by atoms with Crippen molar-refractivity contribution in [2.75, 3.05) is 13.2 Å². The van der Waals surface area contributed by atoms with E-state index in [1.54, 1.807) is 0 Å². The molecule has 61 heavy (non-hydrogen) atoms. The summed E-state index contributed by atoms with van der Waals surface area (Å²) in [5.74, 6) is -0.909. The molecule has 0 radical (unpaired) electrons. The Labute approximate surface area is 378 Å². The van der Waals surface area contributed by atoms with Crippen molar-refractivity contribution in [1.82, 2.24) is 0 Å². The number of carbonyl (C=O) groups is 3. The molecule has 6 nitrogen and oxygen atoms in total. The third kappa shape index (κ3) is 48.3. The Hall–Kier alpha value is -2.63. The summed E-state index contributed by atoms with van der Waals surface area (Å²) in [5.41, 5.74) is 0. The second-order valence-electron chi connectivity index (χ2n) is 17.4. The van der Waals surface area contributed by atoms with Gasteiger partial charge in [-0.05, 0) is 103 Å². The highest BCUT2D eigenvalue weighted by Gasteiger charge is 2.19. The van der Waals surface area contributed by atoms with E-state index in [-0.39, 0.29) is 31.1 Å². The Morgan fingerprint density at radius 3 is 0.967 bits per heavy atom. The van der Waals surface area contributed by atoms with Crippen LogP contribution in [-0.4, -0.2) is 37.2 Å². The molecule has 0 saturated heterocycles. The van der Waals surface area contributed by atoms with Crippen molar-refractivity contribution in [1.29, 1.82) is 0 Å². The van der Waals surface area contributed by atoms with Crippen LogP contribution in [0, 0.1) is 0 Å². The van der Waals surface area contributed by atoms with E-state index < -0.39 is 6.10 Å². The van der Waals surface area contributed by atoms with Crippen molar-refractivity contribution in [3.8, 4) is 0 Å². The average Bonchev–Trinajstić information content (AvgIpc) is 3.26. The van der Waals surface area contributed by atoms with Gasteiger partial charge in [-0.1, -0.05) is 191 Å². The highest BCUT2D eigenvalue weighted by atomic mass is 16.6. The second kappa shape index (κ2) is 50.0. The molecule has 0 amide bonds. The van der Waals surface area contributed by atoms with Gasteiger partial charge in [0, 0.05) is 19.3 Å². The van der Waals surface area contributed by atoms with Crippen molar-refractivity contribution in [2.45, 2.75) is 271 Å². The van der Waals surface area contributed by atoms with Crippen molar-refractivity contribution in [3.63, 3.8) is 0 Å². The van der Waals surface area contributed by atoms with Crippen LogP contribution in [0.5, 0.6) is 0 Å². The predicted molar refractivity (Wildman–Crippen MR) is 261 cm³/mol. The van der Waals surface area contributed by atoms with E-state index >= 15 is 0 Å². The SMILES string of the molecule is CCCCC/C=C\C/C=C\CCCCCCCC(=O)OCC(COC(=O)CCCCCCC/C=C\CCCCCCCC)OC(=O)CCCCCCC/C=C\CCCCCC. The lowest BCUT2D eigenvalue weighted by Crippen LogP contribution is -2.30. The van der Waals surface area contributed by atoms with E-state index in [1.165, 1.54) is 128 Å². The first kappa shape index (κ1) is 58.4. The van der Waals surface area contributed by atoms with Gasteiger partial charge in [-0.15, -0.1) is 0 Å². The minimum absolute atomic E-state index is 0.0846. The van der Waals surface area contributed by atoms with Gasteiger partial charge in [-0.2, -0.15) is 0 Å². The zero-order valence-electron chi connectivity index (χ0n) is 40.4. The maximum atomic E-state index is 12.8. The second-order valence-corrected chi connectivity index (χ2v) is 17.4. The molecule has 0 aliphatic carbocycles. The van der Waals surface area contributed by atoms with E-state index in [9.17, 15) is 14.4 Å². The zero-order chi connectivity index (χ0) is 44.4. The van der Waals surface area contributed by atoms with Crippen LogP contribution in [0.1, 0.15) is 265 Å². The number of allylic oxidation sites excluding steroid dienone is 8. The first-order valence-electron chi connectivity index (χ1n) is 26.1.